The van der Waals surface area contributed by atoms with Gasteiger partial charge in [0.25, 0.3) is 0 Å². The molecular formula is C29H38. The minimum Gasteiger partial charge on any atom is -0.0871 e. The Bertz CT molecular complexity index is 804. The molecule has 1 unspecified atom stereocenters. The highest BCUT2D eigenvalue weighted by molar-refractivity contribution is 5.69. The molecule has 1 saturated carbocycles. The number of hydrogen-bond donors (Lipinski definition) is 0. The highest BCUT2D eigenvalue weighted by Gasteiger charge is 2.20. The third-order valence-corrected chi connectivity index (χ3v) is 6.43. The average Bonchev–Trinajstić information content (AvgIpc) is 2.86. The summed E-state index contributed by atoms with van der Waals surface area (Å²) in [4.78, 5) is 0. The molecule has 1 aromatic carbocycles. The maximum atomic E-state index is 2.46. The van der Waals surface area contributed by atoms with Crippen LogP contribution >= 0.6 is 0 Å². The minimum absolute atomic E-state index is 0.489. The third kappa shape index (κ3) is 6.20. The van der Waals surface area contributed by atoms with Crippen LogP contribution < -0.4 is 0 Å². The van der Waals surface area contributed by atoms with E-state index in [0.717, 1.165) is 12.3 Å². The Morgan fingerprint density at radius 3 is 2.55 bits per heavy atom. The Hall–Kier alpha value is -2.08. The summed E-state index contributed by atoms with van der Waals surface area (Å²) in [6, 6.07) is 7.23. The van der Waals surface area contributed by atoms with Gasteiger partial charge in [-0.25, -0.2) is 0 Å². The maximum absolute atomic E-state index is 2.46. The Morgan fingerprint density at radius 2 is 1.83 bits per heavy atom. The highest BCUT2D eigenvalue weighted by Crippen LogP contribution is 2.37. The summed E-state index contributed by atoms with van der Waals surface area (Å²) in [5.74, 6) is 1.38. The van der Waals surface area contributed by atoms with E-state index in [1.807, 2.05) is 0 Å². The van der Waals surface area contributed by atoms with Crippen LogP contribution in [0.2, 0.25) is 0 Å². The Morgan fingerprint density at radius 1 is 1.03 bits per heavy atom. The van der Waals surface area contributed by atoms with E-state index >= 15 is 0 Å². The van der Waals surface area contributed by atoms with Crippen molar-refractivity contribution in [2.24, 2.45) is 5.92 Å². The van der Waals surface area contributed by atoms with Crippen molar-refractivity contribution in [2.45, 2.75) is 78.1 Å². The van der Waals surface area contributed by atoms with Crippen LogP contribution in [-0.2, 0) is 6.42 Å². The summed E-state index contributed by atoms with van der Waals surface area (Å²) in [5.41, 5.74) is 7.15. The van der Waals surface area contributed by atoms with Crippen molar-refractivity contribution in [3.05, 3.63) is 88.6 Å². The van der Waals surface area contributed by atoms with Crippen LogP contribution in [0.4, 0.5) is 0 Å². The lowest BCUT2D eigenvalue weighted by atomic mass is 9.90. The van der Waals surface area contributed by atoms with Crippen LogP contribution in [0.5, 0.6) is 0 Å². The van der Waals surface area contributed by atoms with Crippen LogP contribution in [0.1, 0.15) is 88.3 Å². The van der Waals surface area contributed by atoms with Crippen LogP contribution in [-0.4, -0.2) is 0 Å². The van der Waals surface area contributed by atoms with Gasteiger partial charge in [-0.05, 0) is 53.5 Å². The zero-order valence-electron chi connectivity index (χ0n) is 18.7. The molecule has 29 heavy (non-hydrogen) atoms. The van der Waals surface area contributed by atoms with Crippen molar-refractivity contribution in [1.29, 1.82) is 0 Å². The number of fused-ring (bicyclic) bond motifs is 1. The van der Waals surface area contributed by atoms with Crippen molar-refractivity contribution in [2.75, 3.05) is 0 Å². The first kappa shape index (κ1) is 21.6. The Kier molecular flexibility index (Phi) is 8.35. The quantitative estimate of drug-likeness (QED) is 0.324. The topological polar surface area (TPSA) is 0 Å². The van der Waals surface area contributed by atoms with Crippen molar-refractivity contribution in [3.8, 4) is 0 Å². The second-order valence-electron chi connectivity index (χ2n) is 8.72. The molecule has 3 rings (SSSR count). The normalized spacial score (nSPS) is 21.3. The van der Waals surface area contributed by atoms with E-state index in [9.17, 15) is 0 Å². The summed E-state index contributed by atoms with van der Waals surface area (Å²) >= 11 is 0. The number of hydrogen-bond acceptors (Lipinski definition) is 0. The van der Waals surface area contributed by atoms with E-state index in [1.165, 1.54) is 72.8 Å². The summed E-state index contributed by atoms with van der Waals surface area (Å²) in [5, 5.41) is 0. The van der Waals surface area contributed by atoms with Crippen molar-refractivity contribution in [3.63, 3.8) is 0 Å². The van der Waals surface area contributed by atoms with Gasteiger partial charge in [0.1, 0.15) is 0 Å². The minimum atomic E-state index is 0.489. The largest absolute Gasteiger partial charge is 0.0871 e. The van der Waals surface area contributed by atoms with Gasteiger partial charge in [-0.3, -0.25) is 0 Å². The summed E-state index contributed by atoms with van der Waals surface area (Å²) in [6.07, 6.45) is 28.7. The lowest BCUT2D eigenvalue weighted by Gasteiger charge is -2.15. The molecule has 0 amide bonds. The highest BCUT2D eigenvalue weighted by atomic mass is 14.2. The standard InChI is InChI=1S/C29H38/c1-4-12-24(13-5-2)14-10-11-17-27-22-28-21-26(18-19-29(28)23(27)3)20-25-15-8-6-7-9-16-25/h4,10-14,17-19,21-23,25H,5-9,15-16,20H2,1-3H3/b12-4-,14-10+,17-11+,24-13+. The van der Waals surface area contributed by atoms with E-state index in [2.05, 4.69) is 87.6 Å². The molecule has 0 bridgehead atoms. The summed E-state index contributed by atoms with van der Waals surface area (Å²) < 4.78 is 0. The molecule has 0 nitrogen and oxygen atoms in total. The lowest BCUT2D eigenvalue weighted by molar-refractivity contribution is 0.458. The summed E-state index contributed by atoms with van der Waals surface area (Å²) in [7, 11) is 0. The van der Waals surface area contributed by atoms with Crippen LogP contribution in [0.3, 0.4) is 0 Å². The first-order chi connectivity index (χ1) is 14.2. The smallest absolute Gasteiger partial charge is 0.00671 e. The van der Waals surface area contributed by atoms with E-state index in [4.69, 9.17) is 0 Å². The third-order valence-electron chi connectivity index (χ3n) is 6.43. The van der Waals surface area contributed by atoms with E-state index in [0.29, 0.717) is 5.92 Å². The molecule has 1 fully saturated rings. The predicted octanol–water partition coefficient (Wildman–Crippen LogP) is 8.72. The molecule has 2 aliphatic rings. The zero-order valence-corrected chi connectivity index (χ0v) is 18.7. The fourth-order valence-corrected chi connectivity index (χ4v) is 4.80. The molecule has 154 valence electrons. The number of allylic oxidation sites excluding steroid dienone is 9. The monoisotopic (exact) mass is 386 g/mol. The zero-order chi connectivity index (χ0) is 20.5. The molecule has 1 atom stereocenters. The summed E-state index contributed by atoms with van der Waals surface area (Å²) in [6.45, 7) is 6.58. The molecule has 1 aromatic rings. The lowest BCUT2D eigenvalue weighted by Crippen LogP contribution is -2.03. The first-order valence-corrected chi connectivity index (χ1v) is 11.7. The van der Waals surface area contributed by atoms with Gasteiger partial charge in [0.05, 0.1) is 0 Å². The van der Waals surface area contributed by atoms with Crippen molar-refractivity contribution in [1.82, 2.24) is 0 Å². The molecule has 0 spiro atoms. The second-order valence-corrected chi connectivity index (χ2v) is 8.72. The molecule has 0 radical (unpaired) electrons. The maximum Gasteiger partial charge on any atom is 0.00671 e. The second kappa shape index (κ2) is 11.2. The molecule has 0 aliphatic heterocycles. The van der Waals surface area contributed by atoms with Gasteiger partial charge >= 0.3 is 0 Å². The fraction of sp³-hybridized carbons (Fsp3) is 0.448. The SMILES string of the molecule is C\C=C/C(/C=C/C=C/C1=Cc2cc(CC3CCCCCC3)ccc2C1C)=C\CC. The van der Waals surface area contributed by atoms with Gasteiger partial charge in [-0.2, -0.15) is 0 Å². The average molecular weight is 387 g/mol. The van der Waals surface area contributed by atoms with E-state index in [-0.39, 0.29) is 0 Å². The van der Waals surface area contributed by atoms with Crippen molar-refractivity contribution >= 4 is 6.08 Å². The van der Waals surface area contributed by atoms with Gasteiger partial charge in [-0.15, -0.1) is 0 Å². The Balaban J connectivity index is 1.66. The fourth-order valence-electron chi connectivity index (χ4n) is 4.80. The van der Waals surface area contributed by atoms with Gasteiger partial charge in [0.15, 0.2) is 0 Å². The predicted molar refractivity (Wildman–Crippen MR) is 129 cm³/mol. The van der Waals surface area contributed by atoms with Crippen LogP contribution in [0.15, 0.2) is 71.9 Å². The van der Waals surface area contributed by atoms with Gasteiger partial charge in [0, 0.05) is 5.92 Å². The molecule has 0 aromatic heterocycles. The van der Waals surface area contributed by atoms with Gasteiger partial charge < -0.3 is 0 Å². The van der Waals surface area contributed by atoms with Crippen molar-refractivity contribution < 1.29 is 0 Å². The van der Waals surface area contributed by atoms with Crippen LogP contribution in [0, 0.1) is 5.92 Å². The molecule has 2 aliphatic carbocycles. The molecule has 0 heterocycles. The van der Waals surface area contributed by atoms with E-state index < -0.39 is 0 Å². The molecule has 0 N–H and O–H groups in total. The number of rotatable bonds is 7. The molecule has 0 heteroatoms. The first-order valence-electron chi connectivity index (χ1n) is 11.7. The van der Waals surface area contributed by atoms with E-state index in [1.54, 1.807) is 0 Å². The van der Waals surface area contributed by atoms with Gasteiger partial charge in [0.2, 0.25) is 0 Å². The van der Waals surface area contributed by atoms with Gasteiger partial charge in [-0.1, -0.05) is 119 Å². The van der Waals surface area contributed by atoms with Crippen LogP contribution in [0.25, 0.3) is 6.08 Å². The Labute approximate surface area is 178 Å². The molecular weight excluding hydrogens is 348 g/mol. The number of benzene rings is 1. The molecule has 0 saturated heterocycles.